The summed E-state index contributed by atoms with van der Waals surface area (Å²) >= 11 is 0. The molecule has 0 heterocycles. The Morgan fingerprint density at radius 3 is 1.65 bits per heavy atom. The number of phenolic OH excluding ortho intramolecular Hbond substituents is 1. The summed E-state index contributed by atoms with van der Waals surface area (Å²) in [4.78, 5) is 0. The van der Waals surface area contributed by atoms with Crippen molar-refractivity contribution >= 4 is 5.69 Å². The van der Waals surface area contributed by atoms with Crippen LogP contribution in [0.3, 0.4) is 0 Å². The Labute approximate surface area is 156 Å². The third-order valence-electron chi connectivity index (χ3n) is 4.77. The van der Waals surface area contributed by atoms with Crippen molar-refractivity contribution in [1.82, 2.24) is 0 Å². The lowest BCUT2D eigenvalue weighted by Gasteiger charge is -2.08. The first-order chi connectivity index (χ1) is 12.7. The molecule has 0 saturated carbocycles. The summed E-state index contributed by atoms with van der Waals surface area (Å²) in [5, 5.41) is 12.8. The molecule has 2 heteroatoms. The Balaban J connectivity index is 1.44. The van der Waals surface area contributed by atoms with Gasteiger partial charge in [-0.15, -0.1) is 0 Å². The highest BCUT2D eigenvalue weighted by molar-refractivity contribution is 5.45. The summed E-state index contributed by atoms with van der Waals surface area (Å²) in [6, 6.07) is 25.1. The van der Waals surface area contributed by atoms with Crippen molar-refractivity contribution in [1.29, 1.82) is 0 Å². The number of phenols is 1. The predicted molar refractivity (Wildman–Crippen MR) is 110 cm³/mol. The summed E-state index contributed by atoms with van der Waals surface area (Å²) in [5.74, 6) is 0.318. The third-order valence-corrected chi connectivity index (χ3v) is 4.77. The summed E-state index contributed by atoms with van der Waals surface area (Å²) < 4.78 is 0. The molecule has 0 aliphatic heterocycles. The molecule has 0 aliphatic rings. The van der Waals surface area contributed by atoms with Crippen LogP contribution in [-0.2, 0) is 25.7 Å². The molecular formula is C24H27NO. The van der Waals surface area contributed by atoms with Crippen molar-refractivity contribution in [3.8, 4) is 5.75 Å². The van der Waals surface area contributed by atoms with Crippen molar-refractivity contribution in [3.63, 3.8) is 0 Å². The molecule has 0 fully saturated rings. The highest BCUT2D eigenvalue weighted by Gasteiger charge is 1.99. The van der Waals surface area contributed by atoms with Crippen LogP contribution in [0.2, 0.25) is 0 Å². The van der Waals surface area contributed by atoms with Crippen molar-refractivity contribution in [2.75, 3.05) is 11.9 Å². The lowest BCUT2D eigenvalue weighted by molar-refractivity contribution is 0.475. The fraction of sp³-hybridized carbons (Fsp3) is 0.250. The second-order valence-electron chi connectivity index (χ2n) is 6.71. The Kier molecular flexibility index (Phi) is 6.32. The molecule has 3 rings (SSSR count). The zero-order valence-corrected chi connectivity index (χ0v) is 15.4. The minimum Gasteiger partial charge on any atom is -0.508 e. The van der Waals surface area contributed by atoms with Crippen LogP contribution in [0, 0.1) is 0 Å². The Bertz CT molecular complexity index is 789. The number of benzene rings is 3. The summed E-state index contributed by atoms with van der Waals surface area (Å²) in [6.07, 6.45) is 4.19. The Morgan fingerprint density at radius 1 is 0.615 bits per heavy atom. The molecule has 0 radical (unpaired) electrons. The summed E-state index contributed by atoms with van der Waals surface area (Å²) in [5.41, 5.74) is 6.55. The smallest absolute Gasteiger partial charge is 0.115 e. The van der Waals surface area contributed by atoms with E-state index in [0.29, 0.717) is 5.75 Å². The van der Waals surface area contributed by atoms with E-state index in [1.165, 1.54) is 22.3 Å². The van der Waals surface area contributed by atoms with Crippen LogP contribution in [0.25, 0.3) is 0 Å². The number of aromatic hydroxyl groups is 1. The number of nitrogens with one attached hydrogen (secondary N) is 1. The van der Waals surface area contributed by atoms with E-state index in [1.54, 1.807) is 12.1 Å². The van der Waals surface area contributed by atoms with Gasteiger partial charge in [0.25, 0.3) is 0 Å². The van der Waals surface area contributed by atoms with Crippen molar-refractivity contribution in [3.05, 3.63) is 95.1 Å². The van der Waals surface area contributed by atoms with E-state index in [0.717, 1.165) is 37.9 Å². The van der Waals surface area contributed by atoms with E-state index in [9.17, 15) is 5.11 Å². The Hall–Kier alpha value is -2.74. The zero-order chi connectivity index (χ0) is 18.2. The number of aryl methyl sites for hydroxylation is 3. The molecule has 0 amide bonds. The van der Waals surface area contributed by atoms with Crippen LogP contribution in [-0.4, -0.2) is 11.7 Å². The third kappa shape index (κ3) is 5.38. The molecule has 3 aromatic rings. The molecule has 0 saturated heterocycles. The van der Waals surface area contributed by atoms with Gasteiger partial charge in [-0.05, 0) is 72.2 Å². The van der Waals surface area contributed by atoms with Gasteiger partial charge < -0.3 is 10.4 Å². The molecule has 26 heavy (non-hydrogen) atoms. The number of anilines is 1. The predicted octanol–water partition coefficient (Wildman–Crippen LogP) is 5.39. The average Bonchev–Trinajstić information content (AvgIpc) is 2.69. The van der Waals surface area contributed by atoms with E-state index in [2.05, 4.69) is 60.8 Å². The van der Waals surface area contributed by atoms with Gasteiger partial charge in [0.05, 0.1) is 0 Å². The molecule has 0 atom stereocenters. The topological polar surface area (TPSA) is 32.3 Å². The zero-order valence-electron chi connectivity index (χ0n) is 15.4. The van der Waals surface area contributed by atoms with Crippen LogP contribution >= 0.6 is 0 Å². The molecule has 2 nitrogen and oxygen atoms in total. The SMILES string of the molecule is CCc1ccc(CCc2ccc(NCCc3ccc(O)cc3)cc2)cc1. The lowest BCUT2D eigenvalue weighted by Crippen LogP contribution is -2.04. The first-order valence-corrected chi connectivity index (χ1v) is 9.41. The van der Waals surface area contributed by atoms with Gasteiger partial charge >= 0.3 is 0 Å². The second-order valence-corrected chi connectivity index (χ2v) is 6.71. The maximum atomic E-state index is 9.31. The second kappa shape index (κ2) is 9.10. The van der Waals surface area contributed by atoms with Crippen LogP contribution in [0.5, 0.6) is 5.75 Å². The normalized spacial score (nSPS) is 10.7. The number of hydrogen-bond acceptors (Lipinski definition) is 2. The van der Waals surface area contributed by atoms with Crippen molar-refractivity contribution < 1.29 is 5.11 Å². The Morgan fingerprint density at radius 2 is 1.08 bits per heavy atom. The number of rotatable bonds is 8. The van der Waals surface area contributed by atoms with E-state index in [1.807, 2.05) is 12.1 Å². The minimum absolute atomic E-state index is 0.318. The quantitative estimate of drug-likeness (QED) is 0.573. The van der Waals surface area contributed by atoms with Crippen molar-refractivity contribution in [2.45, 2.75) is 32.6 Å². The minimum atomic E-state index is 0.318. The lowest BCUT2D eigenvalue weighted by atomic mass is 10.0. The molecule has 0 aliphatic carbocycles. The molecule has 134 valence electrons. The molecule has 0 spiro atoms. The van der Waals surface area contributed by atoms with Gasteiger partial charge in [-0.25, -0.2) is 0 Å². The maximum absolute atomic E-state index is 9.31. The highest BCUT2D eigenvalue weighted by Crippen LogP contribution is 2.14. The maximum Gasteiger partial charge on any atom is 0.115 e. The fourth-order valence-corrected chi connectivity index (χ4v) is 3.03. The molecule has 3 aromatic carbocycles. The van der Waals surface area contributed by atoms with Gasteiger partial charge in [0.15, 0.2) is 0 Å². The van der Waals surface area contributed by atoms with E-state index >= 15 is 0 Å². The van der Waals surface area contributed by atoms with E-state index < -0.39 is 0 Å². The van der Waals surface area contributed by atoms with Gasteiger partial charge in [-0.2, -0.15) is 0 Å². The number of hydrogen-bond donors (Lipinski definition) is 2. The van der Waals surface area contributed by atoms with Gasteiger partial charge in [-0.1, -0.05) is 55.5 Å². The molecule has 2 N–H and O–H groups in total. The largest absolute Gasteiger partial charge is 0.508 e. The first kappa shape index (κ1) is 18.1. The van der Waals surface area contributed by atoms with Gasteiger partial charge in [0, 0.05) is 12.2 Å². The average molecular weight is 345 g/mol. The van der Waals surface area contributed by atoms with E-state index in [-0.39, 0.29) is 0 Å². The fourth-order valence-electron chi connectivity index (χ4n) is 3.03. The summed E-state index contributed by atoms with van der Waals surface area (Å²) in [6.45, 7) is 3.07. The van der Waals surface area contributed by atoms with Crippen LogP contribution < -0.4 is 5.32 Å². The van der Waals surface area contributed by atoms with Crippen LogP contribution in [0.1, 0.15) is 29.2 Å². The molecule has 0 unspecified atom stereocenters. The van der Waals surface area contributed by atoms with Gasteiger partial charge in [0.2, 0.25) is 0 Å². The monoisotopic (exact) mass is 345 g/mol. The highest BCUT2D eigenvalue weighted by atomic mass is 16.3. The van der Waals surface area contributed by atoms with Crippen LogP contribution in [0.15, 0.2) is 72.8 Å². The molecule has 0 bridgehead atoms. The molecule has 0 aromatic heterocycles. The standard InChI is InChI=1S/C24H27NO/c1-2-19-3-5-20(6-4-19)7-8-21-9-13-23(14-10-21)25-18-17-22-11-15-24(26)16-12-22/h3-6,9-16,25-26H,2,7-8,17-18H2,1H3. The van der Waals surface area contributed by atoms with Gasteiger partial charge in [-0.3, -0.25) is 0 Å². The van der Waals surface area contributed by atoms with Crippen LogP contribution in [0.4, 0.5) is 5.69 Å². The van der Waals surface area contributed by atoms with Crippen molar-refractivity contribution in [2.24, 2.45) is 0 Å². The first-order valence-electron chi connectivity index (χ1n) is 9.41. The molecular weight excluding hydrogens is 318 g/mol. The van der Waals surface area contributed by atoms with E-state index in [4.69, 9.17) is 0 Å². The summed E-state index contributed by atoms with van der Waals surface area (Å²) in [7, 11) is 0. The van der Waals surface area contributed by atoms with Gasteiger partial charge in [0.1, 0.15) is 5.75 Å².